The Morgan fingerprint density at radius 2 is 2.10 bits per heavy atom. The molecule has 20 heavy (non-hydrogen) atoms. The monoisotopic (exact) mass is 271 g/mol. The molecular formula is C14H13N3O3. The Morgan fingerprint density at radius 1 is 1.35 bits per heavy atom. The fraction of sp³-hybridized carbons (Fsp3) is 0.214. The highest BCUT2D eigenvalue weighted by atomic mass is 16.2. The van der Waals surface area contributed by atoms with E-state index in [9.17, 15) is 14.4 Å². The number of fused-ring (bicyclic) bond motifs is 1. The third-order valence-electron chi connectivity index (χ3n) is 3.42. The van der Waals surface area contributed by atoms with Crippen LogP contribution in [0.5, 0.6) is 0 Å². The van der Waals surface area contributed by atoms with E-state index in [2.05, 4.69) is 10.6 Å². The van der Waals surface area contributed by atoms with E-state index in [1.807, 2.05) is 35.9 Å². The minimum Gasteiger partial charge on any atom is -0.350 e. The molecule has 2 heterocycles. The fourth-order valence-corrected chi connectivity index (χ4v) is 2.43. The quantitative estimate of drug-likeness (QED) is 0.772. The van der Waals surface area contributed by atoms with Gasteiger partial charge in [0.25, 0.3) is 5.91 Å². The number of carbonyl (C=O) groups excluding carboxylic acids is 3. The van der Waals surface area contributed by atoms with E-state index < -0.39 is 11.9 Å². The van der Waals surface area contributed by atoms with Crippen LogP contribution in [0.3, 0.4) is 0 Å². The lowest BCUT2D eigenvalue weighted by atomic mass is 10.1. The SMILES string of the molecule is Cn1cc(C(=O)NC2CC(=O)NC2=O)c2ccccc21. The first kappa shape index (κ1) is 12.4. The van der Waals surface area contributed by atoms with Crippen LogP contribution in [-0.4, -0.2) is 28.3 Å². The average Bonchev–Trinajstić information content (AvgIpc) is 2.91. The molecule has 1 aromatic carbocycles. The molecule has 0 bridgehead atoms. The van der Waals surface area contributed by atoms with Crippen molar-refractivity contribution >= 4 is 28.6 Å². The van der Waals surface area contributed by atoms with Gasteiger partial charge >= 0.3 is 0 Å². The van der Waals surface area contributed by atoms with E-state index in [1.165, 1.54) is 0 Å². The van der Waals surface area contributed by atoms with Crippen molar-refractivity contribution in [1.82, 2.24) is 15.2 Å². The first-order chi connectivity index (χ1) is 9.56. The molecule has 102 valence electrons. The van der Waals surface area contributed by atoms with Gasteiger partial charge in [0.05, 0.1) is 12.0 Å². The molecule has 2 aromatic rings. The van der Waals surface area contributed by atoms with Crippen molar-refractivity contribution < 1.29 is 14.4 Å². The molecule has 1 saturated heterocycles. The number of nitrogens with zero attached hydrogens (tertiary/aromatic N) is 1. The molecule has 0 radical (unpaired) electrons. The zero-order valence-electron chi connectivity index (χ0n) is 10.8. The Morgan fingerprint density at radius 3 is 2.80 bits per heavy atom. The van der Waals surface area contributed by atoms with E-state index in [1.54, 1.807) is 6.20 Å². The van der Waals surface area contributed by atoms with Gasteiger partial charge in [0.15, 0.2) is 0 Å². The van der Waals surface area contributed by atoms with Gasteiger partial charge in [-0.05, 0) is 6.07 Å². The second-order valence-corrected chi connectivity index (χ2v) is 4.81. The second kappa shape index (κ2) is 4.48. The lowest BCUT2D eigenvalue weighted by molar-refractivity contribution is -0.125. The number of para-hydroxylation sites is 1. The van der Waals surface area contributed by atoms with E-state index in [0.29, 0.717) is 5.56 Å². The molecule has 0 spiro atoms. The summed E-state index contributed by atoms with van der Waals surface area (Å²) >= 11 is 0. The number of amides is 3. The van der Waals surface area contributed by atoms with Gasteiger partial charge < -0.3 is 9.88 Å². The summed E-state index contributed by atoms with van der Waals surface area (Å²) in [6.45, 7) is 0. The first-order valence-corrected chi connectivity index (χ1v) is 6.25. The number of hydrogen-bond donors (Lipinski definition) is 2. The Bertz CT molecular complexity index is 732. The van der Waals surface area contributed by atoms with Crippen molar-refractivity contribution in [2.45, 2.75) is 12.5 Å². The second-order valence-electron chi connectivity index (χ2n) is 4.81. The first-order valence-electron chi connectivity index (χ1n) is 6.25. The Hall–Kier alpha value is -2.63. The van der Waals surface area contributed by atoms with Crippen molar-refractivity contribution in [1.29, 1.82) is 0 Å². The number of hydrogen-bond acceptors (Lipinski definition) is 3. The topological polar surface area (TPSA) is 80.2 Å². The maximum atomic E-state index is 12.3. The van der Waals surface area contributed by atoms with Gasteiger partial charge in [-0.3, -0.25) is 19.7 Å². The molecular weight excluding hydrogens is 258 g/mol. The lowest BCUT2D eigenvalue weighted by Crippen LogP contribution is -2.40. The predicted octanol–water partition coefficient (Wildman–Crippen LogP) is 0.323. The maximum Gasteiger partial charge on any atom is 0.254 e. The molecule has 3 rings (SSSR count). The van der Waals surface area contributed by atoms with E-state index >= 15 is 0 Å². The smallest absolute Gasteiger partial charge is 0.254 e. The summed E-state index contributed by atoms with van der Waals surface area (Å²) in [7, 11) is 1.85. The largest absolute Gasteiger partial charge is 0.350 e. The molecule has 1 aliphatic rings. The van der Waals surface area contributed by atoms with Crippen molar-refractivity contribution in [3.8, 4) is 0 Å². The summed E-state index contributed by atoms with van der Waals surface area (Å²) in [5.41, 5.74) is 1.43. The molecule has 1 unspecified atom stereocenters. The van der Waals surface area contributed by atoms with Crippen molar-refractivity contribution in [3.05, 3.63) is 36.0 Å². The van der Waals surface area contributed by atoms with Crippen LogP contribution in [0.2, 0.25) is 0 Å². The molecule has 3 amide bonds. The highest BCUT2D eigenvalue weighted by molar-refractivity contribution is 6.11. The molecule has 1 atom stereocenters. The maximum absolute atomic E-state index is 12.3. The molecule has 0 saturated carbocycles. The van der Waals surface area contributed by atoms with E-state index in [0.717, 1.165) is 10.9 Å². The van der Waals surface area contributed by atoms with Gasteiger partial charge in [-0.25, -0.2) is 0 Å². The summed E-state index contributed by atoms with van der Waals surface area (Å²) in [4.78, 5) is 34.8. The van der Waals surface area contributed by atoms with Crippen LogP contribution < -0.4 is 10.6 Å². The normalized spacial score (nSPS) is 18.4. The third-order valence-corrected chi connectivity index (χ3v) is 3.42. The molecule has 1 aliphatic heterocycles. The molecule has 2 N–H and O–H groups in total. The molecule has 1 aromatic heterocycles. The minimum absolute atomic E-state index is 0.00462. The van der Waals surface area contributed by atoms with Crippen LogP contribution in [0, 0.1) is 0 Å². The zero-order chi connectivity index (χ0) is 14.3. The van der Waals surface area contributed by atoms with E-state index in [-0.39, 0.29) is 18.2 Å². The number of aryl methyl sites for hydroxylation is 1. The number of imide groups is 1. The summed E-state index contributed by atoms with van der Waals surface area (Å²) in [5, 5.41) is 5.58. The van der Waals surface area contributed by atoms with Gasteiger partial charge in [-0.1, -0.05) is 18.2 Å². The predicted molar refractivity (Wildman–Crippen MR) is 71.9 cm³/mol. The summed E-state index contributed by atoms with van der Waals surface area (Å²) in [5.74, 6) is -1.17. The number of benzene rings is 1. The van der Waals surface area contributed by atoms with Crippen molar-refractivity contribution in [2.75, 3.05) is 0 Å². The van der Waals surface area contributed by atoms with Gasteiger partial charge in [0.2, 0.25) is 11.8 Å². The average molecular weight is 271 g/mol. The van der Waals surface area contributed by atoms with Gasteiger partial charge in [0.1, 0.15) is 6.04 Å². The van der Waals surface area contributed by atoms with Gasteiger partial charge in [-0.15, -0.1) is 0 Å². The van der Waals surface area contributed by atoms with Crippen molar-refractivity contribution in [3.63, 3.8) is 0 Å². The standard InChI is InChI=1S/C14H13N3O3/c1-17-7-9(8-4-2-3-5-11(8)17)13(19)15-10-6-12(18)16-14(10)20/h2-5,7,10H,6H2,1H3,(H,15,19)(H,16,18,20). The van der Waals surface area contributed by atoms with Crippen LogP contribution >= 0.6 is 0 Å². The fourth-order valence-electron chi connectivity index (χ4n) is 2.43. The number of nitrogens with one attached hydrogen (secondary N) is 2. The highest BCUT2D eigenvalue weighted by Crippen LogP contribution is 2.20. The summed E-state index contributed by atoms with van der Waals surface area (Å²) < 4.78 is 1.85. The zero-order valence-corrected chi connectivity index (χ0v) is 10.8. The van der Waals surface area contributed by atoms with Gasteiger partial charge in [0, 0.05) is 24.1 Å². The van der Waals surface area contributed by atoms with E-state index in [4.69, 9.17) is 0 Å². The van der Waals surface area contributed by atoms with Crippen LogP contribution in [-0.2, 0) is 16.6 Å². The molecule has 6 nitrogen and oxygen atoms in total. The van der Waals surface area contributed by atoms with Crippen LogP contribution in [0.25, 0.3) is 10.9 Å². The van der Waals surface area contributed by atoms with Crippen molar-refractivity contribution in [2.24, 2.45) is 7.05 Å². The van der Waals surface area contributed by atoms with Crippen LogP contribution in [0.4, 0.5) is 0 Å². The molecule has 6 heteroatoms. The third kappa shape index (κ3) is 1.95. The Kier molecular flexibility index (Phi) is 2.78. The molecule has 0 aliphatic carbocycles. The summed E-state index contributed by atoms with van der Waals surface area (Å²) in [6.07, 6.45) is 1.71. The van der Waals surface area contributed by atoms with Crippen LogP contribution in [0.1, 0.15) is 16.8 Å². The highest BCUT2D eigenvalue weighted by Gasteiger charge is 2.32. The number of aromatic nitrogens is 1. The van der Waals surface area contributed by atoms with Crippen LogP contribution in [0.15, 0.2) is 30.5 Å². The summed E-state index contributed by atoms with van der Waals surface area (Å²) in [6, 6.07) is 6.73. The molecule has 1 fully saturated rings. The Balaban J connectivity index is 1.90. The lowest BCUT2D eigenvalue weighted by Gasteiger charge is -2.08. The minimum atomic E-state index is -0.783. The number of carbonyl (C=O) groups is 3. The Labute approximate surface area is 114 Å². The van der Waals surface area contributed by atoms with Gasteiger partial charge in [-0.2, -0.15) is 0 Å². The number of rotatable bonds is 2.